The SMILES string of the molecule is Cc1ccc(C(=O)Nc2ccc(CN3CC[C@H](N(C)C)C3)c(C(F)(F)F)c2)cc1Nc1nccc(-c2cncnc2)n1. The lowest BCUT2D eigenvalue weighted by atomic mass is 10.0. The van der Waals surface area contributed by atoms with Gasteiger partial charge < -0.3 is 15.5 Å². The van der Waals surface area contributed by atoms with E-state index in [9.17, 15) is 18.0 Å². The molecule has 0 saturated carbocycles. The molecule has 1 atom stereocenters. The van der Waals surface area contributed by atoms with Crippen molar-refractivity contribution in [3.63, 3.8) is 0 Å². The summed E-state index contributed by atoms with van der Waals surface area (Å²) >= 11 is 0. The molecule has 0 unspecified atom stereocenters. The van der Waals surface area contributed by atoms with Gasteiger partial charge in [0, 0.05) is 66.8 Å². The standard InChI is InChI=1S/C30H31F3N8O/c1-19-4-5-20(12-27(19)39-29-36-10-8-26(38-29)22-14-34-18-35-15-22)28(42)37-23-7-6-21(25(13-23)30(31,32)33)16-41-11-9-24(17-41)40(2)3/h4-8,10,12-15,18,24H,9,11,16-17H2,1-3H3,(H,37,42)(H,36,38,39)/t24-/m0/s1. The Labute approximate surface area is 241 Å². The molecule has 2 aromatic carbocycles. The quantitative estimate of drug-likeness (QED) is 0.288. The first-order valence-electron chi connectivity index (χ1n) is 13.4. The van der Waals surface area contributed by atoms with Gasteiger partial charge in [0.05, 0.1) is 11.3 Å². The number of anilines is 3. The van der Waals surface area contributed by atoms with Gasteiger partial charge in [0.25, 0.3) is 5.91 Å². The van der Waals surface area contributed by atoms with E-state index in [1.165, 1.54) is 18.5 Å². The zero-order valence-corrected chi connectivity index (χ0v) is 23.5. The number of rotatable bonds is 8. The van der Waals surface area contributed by atoms with Crippen molar-refractivity contribution in [3.05, 3.63) is 89.6 Å². The summed E-state index contributed by atoms with van der Waals surface area (Å²) in [6, 6.07) is 11.0. The van der Waals surface area contributed by atoms with Crippen molar-refractivity contribution < 1.29 is 18.0 Å². The highest BCUT2D eigenvalue weighted by atomic mass is 19.4. The Bertz CT molecular complexity index is 1560. The van der Waals surface area contributed by atoms with Crippen molar-refractivity contribution in [1.29, 1.82) is 0 Å². The third kappa shape index (κ3) is 6.89. The van der Waals surface area contributed by atoms with Crippen LogP contribution in [-0.4, -0.2) is 68.9 Å². The van der Waals surface area contributed by atoms with Crippen molar-refractivity contribution in [2.75, 3.05) is 37.8 Å². The molecule has 2 N–H and O–H groups in total. The van der Waals surface area contributed by atoms with Crippen molar-refractivity contribution in [3.8, 4) is 11.3 Å². The molecular formula is C30H31F3N8O. The fourth-order valence-corrected chi connectivity index (χ4v) is 4.91. The van der Waals surface area contributed by atoms with Crippen LogP contribution < -0.4 is 10.6 Å². The lowest BCUT2D eigenvalue weighted by molar-refractivity contribution is -0.138. The van der Waals surface area contributed by atoms with Crippen molar-refractivity contribution >= 4 is 23.2 Å². The van der Waals surface area contributed by atoms with Gasteiger partial charge in [-0.25, -0.2) is 19.9 Å². The molecule has 1 aliphatic heterocycles. The highest BCUT2D eigenvalue weighted by Crippen LogP contribution is 2.35. The molecule has 1 aliphatic rings. The number of alkyl halides is 3. The number of benzene rings is 2. The predicted octanol–water partition coefficient (Wildman–Crippen LogP) is 5.39. The minimum Gasteiger partial charge on any atom is -0.324 e. The number of hydrogen-bond donors (Lipinski definition) is 2. The summed E-state index contributed by atoms with van der Waals surface area (Å²) in [5.74, 6) is -0.235. The summed E-state index contributed by atoms with van der Waals surface area (Å²) in [7, 11) is 3.96. The molecule has 3 heterocycles. The number of carbonyl (C=O) groups is 1. The van der Waals surface area contributed by atoms with Gasteiger partial charge in [-0.1, -0.05) is 12.1 Å². The lowest BCUT2D eigenvalue weighted by Crippen LogP contribution is -2.31. The van der Waals surface area contributed by atoms with Gasteiger partial charge in [0.15, 0.2) is 0 Å². The number of carbonyl (C=O) groups excluding carboxylic acids is 1. The van der Waals surface area contributed by atoms with Crippen LogP contribution in [0.15, 0.2) is 67.4 Å². The number of nitrogens with zero attached hydrogens (tertiary/aromatic N) is 6. The summed E-state index contributed by atoms with van der Waals surface area (Å²) in [6.45, 7) is 3.50. The minimum atomic E-state index is -4.56. The first kappa shape index (κ1) is 29.1. The second-order valence-corrected chi connectivity index (χ2v) is 10.5. The van der Waals surface area contributed by atoms with Crippen LogP contribution in [0.2, 0.25) is 0 Å². The van der Waals surface area contributed by atoms with E-state index in [1.807, 2.05) is 25.9 Å². The van der Waals surface area contributed by atoms with E-state index in [2.05, 4.69) is 35.5 Å². The van der Waals surface area contributed by atoms with Crippen LogP contribution in [0.5, 0.6) is 0 Å². The molecule has 1 saturated heterocycles. The number of halogens is 3. The van der Waals surface area contributed by atoms with Crippen LogP contribution in [-0.2, 0) is 12.7 Å². The molecule has 4 aromatic rings. The summed E-state index contributed by atoms with van der Waals surface area (Å²) in [5.41, 5.74) is 2.51. The van der Waals surface area contributed by atoms with Crippen molar-refractivity contribution in [1.82, 2.24) is 29.7 Å². The summed E-state index contributed by atoms with van der Waals surface area (Å²) in [4.78, 5) is 34.0. The Kier molecular flexibility index (Phi) is 8.46. The first-order valence-corrected chi connectivity index (χ1v) is 13.4. The highest BCUT2D eigenvalue weighted by Gasteiger charge is 2.35. The zero-order chi connectivity index (χ0) is 29.9. The Morgan fingerprint density at radius 3 is 2.60 bits per heavy atom. The van der Waals surface area contributed by atoms with Gasteiger partial charge in [-0.3, -0.25) is 9.69 Å². The molecule has 12 heteroatoms. The molecule has 1 fully saturated rings. The molecule has 2 aromatic heterocycles. The fourth-order valence-electron chi connectivity index (χ4n) is 4.91. The average molecular weight is 577 g/mol. The maximum Gasteiger partial charge on any atom is 0.416 e. The van der Waals surface area contributed by atoms with Crippen LogP contribution in [0.1, 0.15) is 33.5 Å². The second kappa shape index (κ2) is 12.2. The average Bonchev–Trinajstić information content (AvgIpc) is 3.44. The molecule has 218 valence electrons. The number of amides is 1. The zero-order valence-electron chi connectivity index (χ0n) is 23.5. The number of aryl methyl sites for hydroxylation is 1. The normalized spacial score (nSPS) is 15.6. The monoisotopic (exact) mass is 576 g/mol. The third-order valence-corrected chi connectivity index (χ3v) is 7.30. The van der Waals surface area contributed by atoms with Gasteiger partial charge in [-0.2, -0.15) is 13.2 Å². The fraction of sp³-hybridized carbons (Fsp3) is 0.300. The molecule has 0 radical (unpaired) electrons. The maximum atomic E-state index is 14.0. The summed E-state index contributed by atoms with van der Waals surface area (Å²) in [5, 5.41) is 5.75. The van der Waals surface area contributed by atoms with Gasteiger partial charge in [0.1, 0.15) is 6.33 Å². The highest BCUT2D eigenvalue weighted by molar-refractivity contribution is 6.05. The molecule has 0 bridgehead atoms. The largest absolute Gasteiger partial charge is 0.416 e. The number of aromatic nitrogens is 4. The van der Waals surface area contributed by atoms with E-state index in [-0.39, 0.29) is 23.4 Å². The second-order valence-electron chi connectivity index (χ2n) is 10.5. The number of nitrogens with one attached hydrogen (secondary N) is 2. The van der Waals surface area contributed by atoms with Crippen LogP contribution >= 0.6 is 0 Å². The Morgan fingerprint density at radius 1 is 1.10 bits per heavy atom. The van der Waals surface area contributed by atoms with E-state index in [0.29, 0.717) is 29.9 Å². The van der Waals surface area contributed by atoms with Crippen molar-refractivity contribution in [2.24, 2.45) is 0 Å². The minimum absolute atomic E-state index is 0.0693. The molecular weight excluding hydrogens is 545 g/mol. The molecule has 42 heavy (non-hydrogen) atoms. The topological polar surface area (TPSA) is 99.2 Å². The van der Waals surface area contributed by atoms with Crippen molar-refractivity contribution in [2.45, 2.75) is 32.1 Å². The maximum absolute atomic E-state index is 14.0. The van der Waals surface area contributed by atoms with Crippen LogP contribution in [0, 0.1) is 6.92 Å². The Hall–Kier alpha value is -4.42. The number of hydrogen-bond acceptors (Lipinski definition) is 8. The lowest BCUT2D eigenvalue weighted by Gasteiger charge is -2.22. The molecule has 1 amide bonds. The van der Waals surface area contributed by atoms with E-state index in [0.717, 1.165) is 30.2 Å². The molecule has 5 rings (SSSR count). The van der Waals surface area contributed by atoms with E-state index in [1.54, 1.807) is 42.9 Å². The first-order chi connectivity index (χ1) is 20.1. The molecule has 9 nitrogen and oxygen atoms in total. The number of likely N-dealkylation sites (N-methyl/N-ethyl adjacent to an activating group) is 1. The van der Waals surface area contributed by atoms with E-state index in [4.69, 9.17) is 0 Å². The van der Waals surface area contributed by atoms with E-state index >= 15 is 0 Å². The van der Waals surface area contributed by atoms with Crippen LogP contribution in [0.25, 0.3) is 11.3 Å². The van der Waals surface area contributed by atoms with Crippen LogP contribution in [0.4, 0.5) is 30.5 Å². The Balaban J connectivity index is 1.32. The summed E-state index contributed by atoms with van der Waals surface area (Å²) < 4.78 is 42.1. The summed E-state index contributed by atoms with van der Waals surface area (Å²) in [6.07, 6.45) is 2.65. The van der Waals surface area contributed by atoms with E-state index < -0.39 is 17.6 Å². The number of likely N-dealkylation sites (tertiary alicyclic amines) is 1. The van der Waals surface area contributed by atoms with Gasteiger partial charge in [-0.15, -0.1) is 0 Å². The van der Waals surface area contributed by atoms with Crippen LogP contribution in [0.3, 0.4) is 0 Å². The predicted molar refractivity (Wildman–Crippen MR) is 154 cm³/mol. The molecule has 0 aliphatic carbocycles. The molecule has 0 spiro atoms. The van der Waals surface area contributed by atoms with Gasteiger partial charge in [-0.05, 0) is 68.9 Å². The smallest absolute Gasteiger partial charge is 0.324 e. The van der Waals surface area contributed by atoms with Gasteiger partial charge >= 0.3 is 6.18 Å². The van der Waals surface area contributed by atoms with Gasteiger partial charge in [0.2, 0.25) is 5.95 Å². The third-order valence-electron chi connectivity index (χ3n) is 7.30. The Morgan fingerprint density at radius 2 is 1.88 bits per heavy atom.